The number of halogens is 3. The highest BCUT2D eigenvalue weighted by molar-refractivity contribution is 7.89. The number of carbonyl (C=O) groups is 1. The number of nitrogens with zero attached hydrogens (tertiary/aromatic N) is 5. The average Bonchev–Trinajstić information content (AvgIpc) is 3.23. The summed E-state index contributed by atoms with van der Waals surface area (Å²) in [5, 5.41) is 11.8. The molecular weight excluding hydrogens is 463 g/mol. The van der Waals surface area contributed by atoms with E-state index in [1.807, 2.05) is 30.5 Å². The molecule has 0 radical (unpaired) electrons. The van der Waals surface area contributed by atoms with Crippen LogP contribution in [0.2, 0.25) is 0 Å². The molecule has 0 bridgehead atoms. The fraction of sp³-hybridized carbons (Fsp3) is 0.400. The Labute approximate surface area is 187 Å². The van der Waals surface area contributed by atoms with E-state index in [-0.39, 0.29) is 11.7 Å². The Balaban J connectivity index is 0.000000383. The molecule has 0 saturated carbocycles. The van der Waals surface area contributed by atoms with Gasteiger partial charge in [0, 0.05) is 43.2 Å². The van der Waals surface area contributed by atoms with Gasteiger partial charge in [-0.15, -0.1) is 0 Å². The zero-order valence-corrected chi connectivity index (χ0v) is 18.4. The number of alkyl halides is 3. The molecule has 13 heteroatoms. The van der Waals surface area contributed by atoms with Gasteiger partial charge in [0.2, 0.25) is 10.0 Å². The topological polar surface area (TPSA) is 118 Å². The van der Waals surface area contributed by atoms with Crippen molar-refractivity contribution in [2.75, 3.05) is 18.8 Å². The van der Waals surface area contributed by atoms with Crippen LogP contribution in [-0.2, 0) is 14.8 Å². The number of carboxylic acids is 1. The van der Waals surface area contributed by atoms with Gasteiger partial charge in [-0.2, -0.15) is 18.3 Å². The fourth-order valence-corrected chi connectivity index (χ4v) is 4.56. The van der Waals surface area contributed by atoms with Crippen LogP contribution in [0.5, 0.6) is 0 Å². The molecule has 4 heterocycles. The maximum atomic E-state index is 12.2. The third-order valence-electron chi connectivity index (χ3n) is 5.11. The van der Waals surface area contributed by atoms with Gasteiger partial charge < -0.3 is 5.11 Å². The van der Waals surface area contributed by atoms with Gasteiger partial charge >= 0.3 is 12.1 Å². The van der Waals surface area contributed by atoms with Crippen molar-refractivity contribution in [1.82, 2.24) is 23.9 Å². The van der Waals surface area contributed by atoms with Gasteiger partial charge in [-0.1, -0.05) is 0 Å². The van der Waals surface area contributed by atoms with E-state index in [9.17, 15) is 21.6 Å². The molecule has 3 aromatic heterocycles. The zero-order chi connectivity index (χ0) is 24.2. The first-order chi connectivity index (χ1) is 15.5. The van der Waals surface area contributed by atoms with Crippen molar-refractivity contribution >= 4 is 21.6 Å². The summed E-state index contributed by atoms with van der Waals surface area (Å²) < 4.78 is 59.5. The Morgan fingerprint density at radius 2 is 1.85 bits per heavy atom. The van der Waals surface area contributed by atoms with E-state index in [0.717, 1.165) is 29.6 Å². The summed E-state index contributed by atoms with van der Waals surface area (Å²) in [5.74, 6) is -1.87. The molecule has 1 fully saturated rings. The lowest BCUT2D eigenvalue weighted by Gasteiger charge is -2.30. The van der Waals surface area contributed by atoms with E-state index in [1.165, 1.54) is 0 Å². The van der Waals surface area contributed by atoms with Crippen molar-refractivity contribution < 1.29 is 31.5 Å². The third-order valence-corrected chi connectivity index (χ3v) is 6.96. The van der Waals surface area contributed by atoms with Crippen molar-refractivity contribution in [1.29, 1.82) is 0 Å². The maximum Gasteiger partial charge on any atom is 0.490 e. The van der Waals surface area contributed by atoms with Gasteiger partial charge in [0.05, 0.1) is 5.75 Å². The minimum atomic E-state index is -5.08. The van der Waals surface area contributed by atoms with Crippen molar-refractivity contribution in [3.05, 3.63) is 48.7 Å². The minimum absolute atomic E-state index is 0.0364. The normalized spacial score (nSPS) is 17.4. The van der Waals surface area contributed by atoms with Crippen LogP contribution < -0.4 is 0 Å². The van der Waals surface area contributed by atoms with E-state index >= 15 is 0 Å². The van der Waals surface area contributed by atoms with Gasteiger partial charge in [-0.3, -0.25) is 4.98 Å². The van der Waals surface area contributed by atoms with E-state index in [0.29, 0.717) is 18.9 Å². The summed E-state index contributed by atoms with van der Waals surface area (Å²) in [6.45, 7) is 2.74. The summed E-state index contributed by atoms with van der Waals surface area (Å²) in [4.78, 5) is 17.6. The molecule has 178 valence electrons. The average molecular weight is 485 g/mol. The lowest BCUT2D eigenvalue weighted by Crippen LogP contribution is -2.40. The third kappa shape index (κ3) is 6.05. The molecule has 4 rings (SSSR count). The molecule has 1 atom stereocenters. The van der Waals surface area contributed by atoms with E-state index in [4.69, 9.17) is 9.90 Å². The number of hydrogen-bond acceptors (Lipinski definition) is 6. The lowest BCUT2D eigenvalue weighted by atomic mass is 9.99. The van der Waals surface area contributed by atoms with Crippen molar-refractivity contribution in [3.63, 3.8) is 0 Å². The van der Waals surface area contributed by atoms with Crippen LogP contribution in [0, 0.1) is 0 Å². The highest BCUT2D eigenvalue weighted by Gasteiger charge is 2.38. The number of sulfonamides is 1. The van der Waals surface area contributed by atoms with E-state index in [1.54, 1.807) is 28.1 Å². The second-order valence-electron chi connectivity index (χ2n) is 7.33. The summed E-state index contributed by atoms with van der Waals surface area (Å²) in [7, 11) is -3.17. The predicted octanol–water partition coefficient (Wildman–Crippen LogP) is 2.95. The molecule has 1 aliphatic rings. The first-order valence-electron chi connectivity index (χ1n) is 10.1. The van der Waals surface area contributed by atoms with Crippen LogP contribution in [0.1, 0.15) is 31.5 Å². The van der Waals surface area contributed by atoms with Gasteiger partial charge in [0.15, 0.2) is 11.5 Å². The van der Waals surface area contributed by atoms with Crippen molar-refractivity contribution in [3.8, 4) is 11.1 Å². The Hall–Kier alpha value is -3.06. The Bertz CT molecular complexity index is 1220. The summed E-state index contributed by atoms with van der Waals surface area (Å²) >= 11 is 0. The molecule has 1 aliphatic heterocycles. The SMILES string of the molecule is CCS(=O)(=O)N1CCCC(c2nc3ccc(-c4ccncc4)cn3n2)C1.O=C(O)C(F)(F)F. The van der Waals surface area contributed by atoms with Crippen LogP contribution in [0.3, 0.4) is 0 Å². The van der Waals surface area contributed by atoms with Crippen LogP contribution in [0.25, 0.3) is 16.8 Å². The molecule has 1 saturated heterocycles. The van der Waals surface area contributed by atoms with Gasteiger partial charge in [0.1, 0.15) is 0 Å². The number of fused-ring (bicyclic) bond motifs is 1. The smallest absolute Gasteiger partial charge is 0.475 e. The number of aromatic nitrogens is 4. The minimum Gasteiger partial charge on any atom is -0.475 e. The van der Waals surface area contributed by atoms with Crippen LogP contribution >= 0.6 is 0 Å². The molecule has 0 aliphatic carbocycles. The first-order valence-corrected chi connectivity index (χ1v) is 11.7. The van der Waals surface area contributed by atoms with Crippen molar-refractivity contribution in [2.24, 2.45) is 0 Å². The molecule has 1 N–H and O–H groups in total. The standard InChI is InChI=1S/C18H21N5O2S.C2HF3O2/c1-2-26(24,25)22-11-3-4-16(12-22)18-20-17-6-5-15(13-23(17)21-18)14-7-9-19-10-8-14;3-2(4,5)1(6)7/h5-10,13,16H,2-4,11-12H2,1H3;(H,6,7). The second kappa shape index (κ2) is 9.83. The molecular formula is C20H22F3N5O4S. The summed E-state index contributed by atoms with van der Waals surface area (Å²) in [5.41, 5.74) is 2.88. The molecule has 0 aromatic carbocycles. The summed E-state index contributed by atoms with van der Waals surface area (Å²) in [6.07, 6.45) is 2.13. The van der Waals surface area contributed by atoms with Gasteiger partial charge in [-0.25, -0.2) is 27.0 Å². The van der Waals surface area contributed by atoms with Crippen LogP contribution in [0.4, 0.5) is 13.2 Å². The molecule has 9 nitrogen and oxygen atoms in total. The maximum absolute atomic E-state index is 12.2. The van der Waals surface area contributed by atoms with E-state index < -0.39 is 22.2 Å². The second-order valence-corrected chi connectivity index (χ2v) is 9.58. The summed E-state index contributed by atoms with van der Waals surface area (Å²) in [6, 6.07) is 7.86. The Morgan fingerprint density at radius 1 is 1.18 bits per heavy atom. The molecule has 3 aromatic rings. The number of hydrogen-bond donors (Lipinski definition) is 1. The lowest BCUT2D eigenvalue weighted by molar-refractivity contribution is -0.192. The monoisotopic (exact) mass is 485 g/mol. The van der Waals surface area contributed by atoms with Crippen molar-refractivity contribution in [2.45, 2.75) is 31.9 Å². The number of piperidine rings is 1. The van der Waals surface area contributed by atoms with Crippen LogP contribution in [-0.4, -0.2) is 68.4 Å². The Morgan fingerprint density at radius 3 is 2.45 bits per heavy atom. The number of rotatable bonds is 4. The zero-order valence-electron chi connectivity index (χ0n) is 17.6. The van der Waals surface area contributed by atoms with E-state index in [2.05, 4.69) is 15.1 Å². The quantitative estimate of drug-likeness (QED) is 0.604. The number of carboxylic acid groups (broad SMARTS) is 1. The largest absolute Gasteiger partial charge is 0.490 e. The highest BCUT2D eigenvalue weighted by atomic mass is 32.2. The van der Waals surface area contributed by atoms with Gasteiger partial charge in [-0.05, 0) is 49.6 Å². The predicted molar refractivity (Wildman–Crippen MR) is 113 cm³/mol. The van der Waals surface area contributed by atoms with Crippen LogP contribution in [0.15, 0.2) is 42.9 Å². The number of pyridine rings is 2. The highest BCUT2D eigenvalue weighted by Crippen LogP contribution is 2.27. The molecule has 0 spiro atoms. The first kappa shape index (κ1) is 24.6. The fourth-order valence-electron chi connectivity index (χ4n) is 3.38. The molecule has 1 unspecified atom stereocenters. The molecule has 33 heavy (non-hydrogen) atoms. The molecule has 0 amide bonds. The number of aliphatic carboxylic acids is 1. The Kier molecular flexibility index (Phi) is 7.32. The van der Waals surface area contributed by atoms with Gasteiger partial charge in [0.25, 0.3) is 0 Å².